The van der Waals surface area contributed by atoms with Gasteiger partial charge in [-0.2, -0.15) is 0 Å². The summed E-state index contributed by atoms with van der Waals surface area (Å²) in [7, 11) is 0. The smallest absolute Gasteiger partial charge is 0.154 e. The summed E-state index contributed by atoms with van der Waals surface area (Å²) < 4.78 is 0. The van der Waals surface area contributed by atoms with E-state index in [1.807, 2.05) is 13.0 Å². The van der Waals surface area contributed by atoms with Crippen LogP contribution in [0.1, 0.15) is 22.8 Å². The lowest BCUT2D eigenvalue weighted by Gasteiger charge is -2.11. The van der Waals surface area contributed by atoms with E-state index in [-0.39, 0.29) is 11.3 Å². The van der Waals surface area contributed by atoms with E-state index in [1.165, 1.54) is 0 Å². The van der Waals surface area contributed by atoms with E-state index in [2.05, 4.69) is 0 Å². The van der Waals surface area contributed by atoms with Crippen LogP contribution in [0.5, 0.6) is 5.75 Å². The maximum atomic E-state index is 11.2. The fourth-order valence-corrected chi connectivity index (χ4v) is 2.27. The Morgan fingerprint density at radius 3 is 2.47 bits per heavy atom. The van der Waals surface area contributed by atoms with Gasteiger partial charge in [-0.05, 0) is 35.2 Å². The van der Waals surface area contributed by atoms with Crippen molar-refractivity contribution in [3.8, 4) is 16.9 Å². The number of carbonyl (C=O) groups excluding carboxylic acids is 1. The first-order valence-electron chi connectivity index (χ1n) is 5.84. The zero-order chi connectivity index (χ0) is 14.0. The lowest BCUT2D eigenvalue weighted by molar-refractivity contribution is 0.112. The molecule has 0 saturated heterocycles. The standard InChI is InChI=1S/C15H12Cl2O2/c1-2-9-3-5-11(12(8-18)15(9)19)10-4-6-13(16)14(17)7-10/h3-8,19H,2H2,1H3. The Morgan fingerprint density at radius 1 is 1.16 bits per heavy atom. The van der Waals surface area contributed by atoms with Gasteiger partial charge in [0.25, 0.3) is 0 Å². The first kappa shape index (κ1) is 13.9. The Hall–Kier alpha value is -1.51. The molecule has 0 spiro atoms. The van der Waals surface area contributed by atoms with Crippen molar-refractivity contribution in [2.45, 2.75) is 13.3 Å². The zero-order valence-corrected chi connectivity index (χ0v) is 11.8. The Morgan fingerprint density at radius 2 is 1.89 bits per heavy atom. The van der Waals surface area contributed by atoms with Crippen LogP contribution < -0.4 is 0 Å². The topological polar surface area (TPSA) is 37.3 Å². The van der Waals surface area contributed by atoms with Crippen LogP contribution in [0.25, 0.3) is 11.1 Å². The van der Waals surface area contributed by atoms with Crippen LogP contribution in [-0.4, -0.2) is 11.4 Å². The SMILES string of the molecule is CCc1ccc(-c2ccc(Cl)c(Cl)c2)c(C=O)c1O. The Kier molecular flexibility index (Phi) is 4.13. The lowest BCUT2D eigenvalue weighted by Crippen LogP contribution is -1.93. The minimum absolute atomic E-state index is 0.0288. The van der Waals surface area contributed by atoms with E-state index in [0.29, 0.717) is 28.3 Å². The summed E-state index contributed by atoms with van der Waals surface area (Å²) in [6.07, 6.45) is 1.32. The summed E-state index contributed by atoms with van der Waals surface area (Å²) in [5.74, 6) is 0.0288. The number of phenols is 1. The molecule has 2 aromatic carbocycles. The van der Waals surface area contributed by atoms with Gasteiger partial charge in [0.2, 0.25) is 0 Å². The van der Waals surface area contributed by atoms with Crippen LogP contribution in [-0.2, 0) is 6.42 Å². The molecule has 0 atom stereocenters. The second kappa shape index (κ2) is 5.64. The van der Waals surface area contributed by atoms with Crippen molar-refractivity contribution in [1.29, 1.82) is 0 Å². The number of hydrogen-bond acceptors (Lipinski definition) is 2. The molecule has 0 aliphatic heterocycles. The summed E-state index contributed by atoms with van der Waals surface area (Å²) in [6, 6.07) is 8.72. The van der Waals surface area contributed by atoms with Gasteiger partial charge in [-0.3, -0.25) is 4.79 Å². The number of rotatable bonds is 3. The van der Waals surface area contributed by atoms with E-state index < -0.39 is 0 Å². The molecule has 0 unspecified atom stereocenters. The molecule has 4 heteroatoms. The normalized spacial score (nSPS) is 10.5. The minimum Gasteiger partial charge on any atom is -0.507 e. The molecule has 0 heterocycles. The molecule has 0 amide bonds. The Balaban J connectivity index is 2.65. The first-order chi connectivity index (χ1) is 9.08. The number of aldehydes is 1. The quantitative estimate of drug-likeness (QED) is 0.830. The molecule has 2 nitrogen and oxygen atoms in total. The second-order valence-corrected chi connectivity index (χ2v) is 4.95. The van der Waals surface area contributed by atoms with E-state index in [9.17, 15) is 9.90 Å². The predicted octanol–water partition coefficient (Wildman–Crippen LogP) is 4.74. The van der Waals surface area contributed by atoms with Gasteiger partial charge in [-0.25, -0.2) is 0 Å². The largest absolute Gasteiger partial charge is 0.507 e. The molecule has 2 aromatic rings. The molecule has 0 fully saturated rings. The van der Waals surface area contributed by atoms with Crippen molar-refractivity contribution in [2.75, 3.05) is 0 Å². The molecule has 0 bridgehead atoms. The van der Waals surface area contributed by atoms with Crippen molar-refractivity contribution in [3.63, 3.8) is 0 Å². The van der Waals surface area contributed by atoms with Crippen LogP contribution in [0, 0.1) is 0 Å². The van der Waals surface area contributed by atoms with Crippen molar-refractivity contribution in [1.82, 2.24) is 0 Å². The second-order valence-electron chi connectivity index (χ2n) is 4.13. The Labute approximate surface area is 121 Å². The Bertz CT molecular complexity index is 636. The molecule has 19 heavy (non-hydrogen) atoms. The van der Waals surface area contributed by atoms with E-state index in [0.717, 1.165) is 11.1 Å². The highest BCUT2D eigenvalue weighted by molar-refractivity contribution is 6.42. The van der Waals surface area contributed by atoms with Crippen molar-refractivity contribution in [3.05, 3.63) is 51.5 Å². The molecule has 2 rings (SSSR count). The molecule has 0 aliphatic rings. The van der Waals surface area contributed by atoms with Gasteiger partial charge >= 0.3 is 0 Å². The van der Waals surface area contributed by atoms with Gasteiger partial charge in [0.05, 0.1) is 15.6 Å². The molecule has 0 saturated carbocycles. The number of benzene rings is 2. The molecular formula is C15H12Cl2O2. The number of aryl methyl sites for hydroxylation is 1. The minimum atomic E-state index is 0.0288. The predicted molar refractivity (Wildman–Crippen MR) is 78.3 cm³/mol. The molecule has 1 N–H and O–H groups in total. The highest BCUT2D eigenvalue weighted by Gasteiger charge is 2.13. The highest BCUT2D eigenvalue weighted by atomic mass is 35.5. The monoisotopic (exact) mass is 294 g/mol. The van der Waals surface area contributed by atoms with Crippen LogP contribution >= 0.6 is 23.2 Å². The van der Waals surface area contributed by atoms with Gasteiger partial charge in [-0.15, -0.1) is 0 Å². The van der Waals surface area contributed by atoms with Crippen LogP contribution in [0.2, 0.25) is 10.0 Å². The van der Waals surface area contributed by atoms with Gasteiger partial charge in [0.1, 0.15) is 5.75 Å². The van der Waals surface area contributed by atoms with Crippen LogP contribution in [0.3, 0.4) is 0 Å². The van der Waals surface area contributed by atoms with Crippen LogP contribution in [0.15, 0.2) is 30.3 Å². The number of halogens is 2. The van der Waals surface area contributed by atoms with Crippen LogP contribution in [0.4, 0.5) is 0 Å². The van der Waals surface area contributed by atoms with Gasteiger partial charge in [0, 0.05) is 0 Å². The molecule has 98 valence electrons. The number of hydrogen-bond donors (Lipinski definition) is 1. The third-order valence-electron chi connectivity index (χ3n) is 3.03. The number of aromatic hydroxyl groups is 1. The molecule has 0 radical (unpaired) electrons. The maximum Gasteiger partial charge on any atom is 0.154 e. The first-order valence-corrected chi connectivity index (χ1v) is 6.59. The highest BCUT2D eigenvalue weighted by Crippen LogP contribution is 2.34. The average Bonchev–Trinajstić information content (AvgIpc) is 2.41. The van der Waals surface area contributed by atoms with E-state index in [1.54, 1.807) is 24.3 Å². The van der Waals surface area contributed by atoms with Crippen molar-refractivity contribution >= 4 is 29.5 Å². The zero-order valence-electron chi connectivity index (χ0n) is 10.3. The summed E-state index contributed by atoms with van der Waals surface area (Å²) >= 11 is 11.8. The van der Waals surface area contributed by atoms with Crippen molar-refractivity contribution in [2.24, 2.45) is 0 Å². The van der Waals surface area contributed by atoms with Gasteiger partial charge in [0.15, 0.2) is 6.29 Å². The third-order valence-corrected chi connectivity index (χ3v) is 3.77. The number of phenolic OH excluding ortho intramolecular Hbond substituents is 1. The fourth-order valence-electron chi connectivity index (χ4n) is 1.97. The lowest BCUT2D eigenvalue weighted by atomic mass is 9.96. The average molecular weight is 295 g/mol. The summed E-state index contributed by atoms with van der Waals surface area (Å²) in [4.78, 5) is 11.2. The van der Waals surface area contributed by atoms with E-state index >= 15 is 0 Å². The summed E-state index contributed by atoms with van der Waals surface area (Å²) in [6.45, 7) is 1.92. The maximum absolute atomic E-state index is 11.2. The summed E-state index contributed by atoms with van der Waals surface area (Å²) in [5.41, 5.74) is 2.40. The summed E-state index contributed by atoms with van der Waals surface area (Å²) in [5, 5.41) is 10.9. The van der Waals surface area contributed by atoms with Gasteiger partial charge in [-0.1, -0.05) is 48.3 Å². The molecule has 0 aliphatic carbocycles. The fraction of sp³-hybridized carbons (Fsp3) is 0.133. The third kappa shape index (κ3) is 2.60. The van der Waals surface area contributed by atoms with E-state index in [4.69, 9.17) is 23.2 Å². The number of carbonyl (C=O) groups is 1. The van der Waals surface area contributed by atoms with Crippen molar-refractivity contribution < 1.29 is 9.90 Å². The molecule has 0 aromatic heterocycles. The molecular weight excluding hydrogens is 283 g/mol. The van der Waals surface area contributed by atoms with Gasteiger partial charge < -0.3 is 5.11 Å².